The van der Waals surface area contributed by atoms with Crippen LogP contribution < -0.4 is 0 Å². The number of nitrogens with zero attached hydrogens (tertiary/aromatic N) is 1. The lowest BCUT2D eigenvalue weighted by molar-refractivity contribution is 0.0259. The SMILES string of the molecule is CCN(CC)CCOCC(O)c1ccc2sccc2c1F.Cl. The van der Waals surface area contributed by atoms with Crippen LogP contribution in [0.2, 0.25) is 0 Å². The van der Waals surface area contributed by atoms with E-state index in [0.29, 0.717) is 17.6 Å². The highest BCUT2D eigenvalue weighted by Gasteiger charge is 2.16. The fourth-order valence-electron chi connectivity index (χ4n) is 2.30. The van der Waals surface area contributed by atoms with Gasteiger partial charge in [0.15, 0.2) is 0 Å². The Balaban J connectivity index is 0.00000242. The van der Waals surface area contributed by atoms with Crippen LogP contribution in [0.3, 0.4) is 0 Å². The zero-order valence-electron chi connectivity index (χ0n) is 12.9. The van der Waals surface area contributed by atoms with E-state index in [1.807, 2.05) is 11.4 Å². The summed E-state index contributed by atoms with van der Waals surface area (Å²) in [6.45, 7) is 7.64. The number of benzene rings is 1. The molecule has 0 radical (unpaired) electrons. The number of rotatable bonds is 8. The number of aliphatic hydroxyl groups excluding tert-OH is 1. The summed E-state index contributed by atoms with van der Waals surface area (Å²) in [5, 5.41) is 12.5. The molecular weight excluding hydrogens is 325 g/mol. The first-order valence-corrected chi connectivity index (χ1v) is 8.19. The highest BCUT2D eigenvalue weighted by Crippen LogP contribution is 2.28. The van der Waals surface area contributed by atoms with E-state index in [9.17, 15) is 9.50 Å². The van der Waals surface area contributed by atoms with Crippen molar-refractivity contribution in [2.45, 2.75) is 20.0 Å². The van der Waals surface area contributed by atoms with Crippen LogP contribution in [0, 0.1) is 5.82 Å². The van der Waals surface area contributed by atoms with Crippen molar-refractivity contribution in [3.63, 3.8) is 0 Å². The van der Waals surface area contributed by atoms with Crippen LogP contribution in [-0.4, -0.2) is 42.9 Å². The van der Waals surface area contributed by atoms with Crippen molar-refractivity contribution in [2.24, 2.45) is 0 Å². The summed E-state index contributed by atoms with van der Waals surface area (Å²) in [7, 11) is 0. The quantitative estimate of drug-likeness (QED) is 0.736. The molecule has 0 fully saturated rings. The van der Waals surface area contributed by atoms with Gasteiger partial charge in [-0.05, 0) is 30.6 Å². The fraction of sp³-hybridized carbons (Fsp3) is 0.500. The van der Waals surface area contributed by atoms with Crippen LogP contribution in [0.15, 0.2) is 23.6 Å². The minimum absolute atomic E-state index is 0. The third-order valence-electron chi connectivity index (χ3n) is 3.68. The summed E-state index contributed by atoms with van der Waals surface area (Å²) in [5.41, 5.74) is 0.309. The molecule has 0 spiro atoms. The van der Waals surface area contributed by atoms with E-state index in [-0.39, 0.29) is 24.8 Å². The van der Waals surface area contributed by atoms with Gasteiger partial charge in [0, 0.05) is 22.2 Å². The van der Waals surface area contributed by atoms with Crippen molar-refractivity contribution in [3.05, 3.63) is 35.0 Å². The Hall–Kier alpha value is -0.720. The highest BCUT2D eigenvalue weighted by atomic mass is 35.5. The average Bonchev–Trinajstić information content (AvgIpc) is 2.97. The number of ether oxygens (including phenoxy) is 1. The summed E-state index contributed by atoms with van der Waals surface area (Å²) in [4.78, 5) is 2.24. The molecule has 0 aliphatic carbocycles. The van der Waals surface area contributed by atoms with Crippen molar-refractivity contribution < 1.29 is 14.2 Å². The minimum atomic E-state index is -0.925. The molecule has 1 aromatic heterocycles. The number of thiophene rings is 1. The molecule has 0 saturated heterocycles. The van der Waals surface area contributed by atoms with E-state index in [4.69, 9.17) is 4.74 Å². The summed E-state index contributed by atoms with van der Waals surface area (Å²) in [5.74, 6) is -0.339. The first kappa shape index (κ1) is 19.3. The van der Waals surface area contributed by atoms with Crippen molar-refractivity contribution in [1.82, 2.24) is 4.90 Å². The van der Waals surface area contributed by atoms with Gasteiger partial charge in [0.2, 0.25) is 0 Å². The van der Waals surface area contributed by atoms with E-state index in [1.54, 1.807) is 12.1 Å². The first-order chi connectivity index (χ1) is 10.2. The molecule has 1 N–H and O–H groups in total. The molecule has 124 valence electrons. The standard InChI is InChI=1S/C16H22FNO2S.ClH/c1-3-18(4-2)8-9-20-11-14(19)12-5-6-15-13(16(12)17)7-10-21-15;/h5-7,10,14,19H,3-4,8-9,11H2,1-2H3;1H. The lowest BCUT2D eigenvalue weighted by Gasteiger charge is -2.18. The van der Waals surface area contributed by atoms with Gasteiger partial charge in [-0.2, -0.15) is 0 Å². The van der Waals surface area contributed by atoms with E-state index >= 15 is 0 Å². The Morgan fingerprint density at radius 1 is 1.27 bits per heavy atom. The van der Waals surface area contributed by atoms with Crippen molar-refractivity contribution in [3.8, 4) is 0 Å². The molecule has 0 saturated carbocycles. The molecule has 0 aliphatic heterocycles. The summed E-state index contributed by atoms with van der Waals surface area (Å²) in [6.07, 6.45) is -0.925. The number of halogens is 2. The molecule has 0 aliphatic rings. The van der Waals surface area contributed by atoms with Crippen LogP contribution in [0.1, 0.15) is 25.5 Å². The van der Waals surface area contributed by atoms with Crippen LogP contribution in [0.4, 0.5) is 4.39 Å². The van der Waals surface area contributed by atoms with Gasteiger partial charge in [-0.3, -0.25) is 0 Å². The maximum absolute atomic E-state index is 14.3. The molecule has 1 atom stereocenters. The molecule has 2 rings (SSSR count). The minimum Gasteiger partial charge on any atom is -0.386 e. The third-order valence-corrected chi connectivity index (χ3v) is 4.56. The van der Waals surface area contributed by atoms with Gasteiger partial charge in [-0.25, -0.2) is 4.39 Å². The summed E-state index contributed by atoms with van der Waals surface area (Å²) in [6, 6.07) is 5.23. The van der Waals surface area contributed by atoms with Gasteiger partial charge in [-0.15, -0.1) is 23.7 Å². The predicted octanol–water partition coefficient (Wildman–Crippen LogP) is 3.85. The van der Waals surface area contributed by atoms with Crippen LogP contribution in [0.25, 0.3) is 10.1 Å². The Kier molecular flexibility index (Phi) is 8.28. The number of fused-ring (bicyclic) bond motifs is 1. The predicted molar refractivity (Wildman–Crippen MR) is 92.6 cm³/mol. The monoisotopic (exact) mass is 347 g/mol. The molecule has 22 heavy (non-hydrogen) atoms. The Bertz CT molecular complexity index is 574. The topological polar surface area (TPSA) is 32.7 Å². The van der Waals surface area contributed by atoms with Crippen molar-refractivity contribution >= 4 is 33.8 Å². The lowest BCUT2D eigenvalue weighted by Crippen LogP contribution is -2.27. The molecule has 0 amide bonds. The van der Waals surface area contributed by atoms with E-state index < -0.39 is 6.10 Å². The average molecular weight is 348 g/mol. The number of aliphatic hydroxyl groups is 1. The van der Waals surface area contributed by atoms with Crippen LogP contribution in [0.5, 0.6) is 0 Å². The number of hydrogen-bond acceptors (Lipinski definition) is 4. The highest BCUT2D eigenvalue weighted by molar-refractivity contribution is 7.17. The van der Waals surface area contributed by atoms with Gasteiger partial charge >= 0.3 is 0 Å². The first-order valence-electron chi connectivity index (χ1n) is 7.31. The van der Waals surface area contributed by atoms with Crippen molar-refractivity contribution in [2.75, 3.05) is 32.8 Å². The van der Waals surface area contributed by atoms with E-state index in [2.05, 4.69) is 18.7 Å². The zero-order chi connectivity index (χ0) is 15.2. The fourth-order valence-corrected chi connectivity index (χ4v) is 3.08. The largest absolute Gasteiger partial charge is 0.386 e. The van der Waals surface area contributed by atoms with Gasteiger partial charge < -0.3 is 14.7 Å². The number of hydrogen-bond donors (Lipinski definition) is 1. The number of likely N-dealkylation sites (N-methyl/N-ethyl adjacent to an activating group) is 1. The smallest absolute Gasteiger partial charge is 0.137 e. The molecule has 0 bridgehead atoms. The third kappa shape index (κ3) is 4.64. The molecule has 1 aromatic carbocycles. The normalized spacial score (nSPS) is 12.6. The van der Waals surface area contributed by atoms with E-state index in [0.717, 1.165) is 24.3 Å². The van der Waals surface area contributed by atoms with Crippen LogP contribution in [-0.2, 0) is 4.74 Å². The molecule has 2 aromatic rings. The molecular formula is C16H23ClFNO2S. The second-order valence-corrected chi connectivity index (χ2v) is 5.87. The molecule has 1 heterocycles. The molecule has 1 unspecified atom stereocenters. The molecule has 3 nitrogen and oxygen atoms in total. The summed E-state index contributed by atoms with van der Waals surface area (Å²) >= 11 is 1.49. The maximum atomic E-state index is 14.3. The Morgan fingerprint density at radius 3 is 2.68 bits per heavy atom. The summed E-state index contributed by atoms with van der Waals surface area (Å²) < 4.78 is 20.7. The van der Waals surface area contributed by atoms with E-state index in [1.165, 1.54) is 11.3 Å². The van der Waals surface area contributed by atoms with Gasteiger partial charge in [0.1, 0.15) is 11.9 Å². The molecule has 6 heteroatoms. The van der Waals surface area contributed by atoms with Crippen molar-refractivity contribution in [1.29, 1.82) is 0 Å². The Morgan fingerprint density at radius 2 is 2.00 bits per heavy atom. The Labute approximate surface area is 141 Å². The van der Waals surface area contributed by atoms with Gasteiger partial charge in [0.25, 0.3) is 0 Å². The second kappa shape index (κ2) is 9.43. The lowest BCUT2D eigenvalue weighted by atomic mass is 10.1. The van der Waals surface area contributed by atoms with Gasteiger partial charge in [0.05, 0.1) is 13.2 Å². The zero-order valence-corrected chi connectivity index (χ0v) is 14.6. The van der Waals surface area contributed by atoms with Crippen LogP contribution >= 0.6 is 23.7 Å². The maximum Gasteiger partial charge on any atom is 0.137 e. The second-order valence-electron chi connectivity index (χ2n) is 4.92. The van der Waals surface area contributed by atoms with Gasteiger partial charge in [-0.1, -0.05) is 19.9 Å².